The van der Waals surface area contributed by atoms with E-state index in [4.69, 9.17) is 12.2 Å². The lowest BCUT2D eigenvalue weighted by molar-refractivity contribution is -0.117. The molecule has 2 aromatic heterocycles. The standard InChI is InChI=1S/C15H14N4O2S/c20-13-4-2-8-19(13)10-5-6-12(17-9-10)18-14(21)11-3-1-7-16-15(11)22/h1,3,5-7,9H,2,4,8H2,(H,16,22)(H,17,18,21). The SMILES string of the molecule is O=C(Nc1ccc(N2CCCC2=O)cn1)c1ccc[nH]c1=S. The number of H-pyrrole nitrogens is 1. The Hall–Kier alpha value is -2.54. The molecule has 0 aromatic carbocycles. The zero-order valence-electron chi connectivity index (χ0n) is 11.7. The summed E-state index contributed by atoms with van der Waals surface area (Å²) >= 11 is 5.07. The largest absolute Gasteiger partial charge is 0.352 e. The summed E-state index contributed by atoms with van der Waals surface area (Å²) in [6, 6.07) is 6.80. The van der Waals surface area contributed by atoms with Crippen molar-refractivity contribution in [3.8, 4) is 0 Å². The van der Waals surface area contributed by atoms with Crippen molar-refractivity contribution in [1.29, 1.82) is 0 Å². The van der Waals surface area contributed by atoms with Crippen LogP contribution in [0, 0.1) is 4.64 Å². The van der Waals surface area contributed by atoms with Crippen molar-refractivity contribution in [3.05, 3.63) is 46.9 Å². The smallest absolute Gasteiger partial charge is 0.259 e. The molecule has 0 spiro atoms. The van der Waals surface area contributed by atoms with Crippen LogP contribution in [0.5, 0.6) is 0 Å². The van der Waals surface area contributed by atoms with Crippen LogP contribution in [0.25, 0.3) is 0 Å². The van der Waals surface area contributed by atoms with E-state index in [1.165, 1.54) is 0 Å². The number of carbonyl (C=O) groups is 2. The molecule has 0 aliphatic carbocycles. The maximum Gasteiger partial charge on any atom is 0.259 e. The van der Waals surface area contributed by atoms with Crippen molar-refractivity contribution in [2.24, 2.45) is 0 Å². The van der Waals surface area contributed by atoms with Crippen LogP contribution in [-0.4, -0.2) is 28.3 Å². The van der Waals surface area contributed by atoms with Gasteiger partial charge in [-0.15, -0.1) is 0 Å². The minimum absolute atomic E-state index is 0.106. The summed E-state index contributed by atoms with van der Waals surface area (Å²) in [5.74, 6) is 0.201. The maximum absolute atomic E-state index is 12.1. The Bertz CT molecular complexity index is 770. The molecule has 1 saturated heterocycles. The first-order valence-corrected chi connectivity index (χ1v) is 7.31. The zero-order chi connectivity index (χ0) is 15.5. The number of hydrogen-bond acceptors (Lipinski definition) is 4. The van der Waals surface area contributed by atoms with E-state index in [1.807, 2.05) is 0 Å². The number of rotatable bonds is 3. The number of nitrogens with one attached hydrogen (secondary N) is 2. The van der Waals surface area contributed by atoms with Gasteiger partial charge in [0.2, 0.25) is 5.91 Å². The molecule has 2 amide bonds. The highest BCUT2D eigenvalue weighted by Gasteiger charge is 2.21. The second-order valence-corrected chi connectivity index (χ2v) is 5.33. The first-order chi connectivity index (χ1) is 10.6. The summed E-state index contributed by atoms with van der Waals surface area (Å²) in [5.41, 5.74) is 1.13. The van der Waals surface area contributed by atoms with Gasteiger partial charge in [0, 0.05) is 19.2 Å². The Morgan fingerprint density at radius 1 is 1.36 bits per heavy atom. The van der Waals surface area contributed by atoms with E-state index in [0.717, 1.165) is 12.1 Å². The molecule has 22 heavy (non-hydrogen) atoms. The Balaban J connectivity index is 1.74. The first kappa shape index (κ1) is 14.4. The molecule has 1 aliphatic heterocycles. The van der Waals surface area contributed by atoms with Gasteiger partial charge in [0.25, 0.3) is 5.91 Å². The molecule has 1 aliphatic rings. The van der Waals surface area contributed by atoms with Gasteiger partial charge in [-0.05, 0) is 30.7 Å². The van der Waals surface area contributed by atoms with Gasteiger partial charge in [0.1, 0.15) is 10.5 Å². The average molecular weight is 314 g/mol. The number of hydrogen-bond donors (Lipinski definition) is 2. The molecule has 112 valence electrons. The molecular weight excluding hydrogens is 300 g/mol. The summed E-state index contributed by atoms with van der Waals surface area (Å²) in [6.45, 7) is 0.714. The van der Waals surface area contributed by atoms with Gasteiger partial charge in [-0.2, -0.15) is 0 Å². The molecule has 7 heteroatoms. The fourth-order valence-electron chi connectivity index (χ4n) is 2.32. The monoisotopic (exact) mass is 314 g/mol. The second kappa shape index (κ2) is 6.07. The van der Waals surface area contributed by atoms with E-state index in [0.29, 0.717) is 29.0 Å². The lowest BCUT2D eigenvalue weighted by atomic mass is 10.2. The highest BCUT2D eigenvalue weighted by Crippen LogP contribution is 2.21. The maximum atomic E-state index is 12.1. The molecule has 6 nitrogen and oxygen atoms in total. The average Bonchev–Trinajstić information content (AvgIpc) is 2.94. The molecule has 0 unspecified atom stereocenters. The summed E-state index contributed by atoms with van der Waals surface area (Å²) in [5, 5.41) is 2.69. The van der Waals surface area contributed by atoms with E-state index in [-0.39, 0.29) is 11.8 Å². The third-order valence-corrected chi connectivity index (χ3v) is 3.78. The zero-order valence-corrected chi connectivity index (χ0v) is 12.5. The Kier molecular flexibility index (Phi) is 3.97. The number of pyridine rings is 2. The van der Waals surface area contributed by atoms with Gasteiger partial charge in [-0.3, -0.25) is 9.59 Å². The number of nitrogens with zero attached hydrogens (tertiary/aromatic N) is 2. The summed E-state index contributed by atoms with van der Waals surface area (Å²) < 4.78 is 0.374. The molecule has 0 radical (unpaired) electrons. The van der Waals surface area contributed by atoms with Gasteiger partial charge in [-0.1, -0.05) is 12.2 Å². The number of amides is 2. The Labute approximate surface area is 132 Å². The molecule has 2 N–H and O–H groups in total. The van der Waals surface area contributed by atoms with Crippen molar-refractivity contribution in [2.75, 3.05) is 16.8 Å². The molecule has 3 heterocycles. The minimum Gasteiger partial charge on any atom is -0.352 e. The van der Waals surface area contributed by atoms with Gasteiger partial charge < -0.3 is 15.2 Å². The third kappa shape index (κ3) is 2.89. The topological polar surface area (TPSA) is 78.1 Å². The van der Waals surface area contributed by atoms with Gasteiger partial charge in [0.15, 0.2) is 0 Å². The minimum atomic E-state index is -0.320. The van der Waals surface area contributed by atoms with Crippen molar-refractivity contribution >= 4 is 35.5 Å². The van der Waals surface area contributed by atoms with Crippen LogP contribution in [0.4, 0.5) is 11.5 Å². The van der Waals surface area contributed by atoms with Crippen LogP contribution in [0.3, 0.4) is 0 Å². The van der Waals surface area contributed by atoms with Gasteiger partial charge in [0.05, 0.1) is 17.4 Å². The number of aromatic amines is 1. The van der Waals surface area contributed by atoms with Crippen molar-refractivity contribution in [2.45, 2.75) is 12.8 Å². The third-order valence-electron chi connectivity index (χ3n) is 3.44. The van der Waals surface area contributed by atoms with Crippen LogP contribution in [-0.2, 0) is 4.79 Å². The quantitative estimate of drug-likeness (QED) is 0.853. The lowest BCUT2D eigenvalue weighted by Crippen LogP contribution is -2.23. The van der Waals surface area contributed by atoms with E-state index in [1.54, 1.807) is 41.6 Å². The van der Waals surface area contributed by atoms with E-state index >= 15 is 0 Å². The molecule has 1 fully saturated rings. The lowest BCUT2D eigenvalue weighted by Gasteiger charge is -2.15. The number of carbonyl (C=O) groups excluding carboxylic acids is 2. The summed E-state index contributed by atoms with van der Waals surface area (Å²) in [6.07, 6.45) is 4.69. The summed E-state index contributed by atoms with van der Waals surface area (Å²) in [4.78, 5) is 32.5. The molecule has 2 aromatic rings. The second-order valence-electron chi connectivity index (χ2n) is 4.92. The van der Waals surface area contributed by atoms with Crippen LogP contribution < -0.4 is 10.2 Å². The Morgan fingerprint density at radius 3 is 2.86 bits per heavy atom. The van der Waals surface area contributed by atoms with Crippen molar-refractivity contribution in [3.63, 3.8) is 0 Å². The molecule has 0 saturated carbocycles. The fraction of sp³-hybridized carbons (Fsp3) is 0.200. The number of aromatic nitrogens is 2. The molecule has 0 atom stereocenters. The molecule has 3 rings (SSSR count). The van der Waals surface area contributed by atoms with Crippen LogP contribution in [0.1, 0.15) is 23.2 Å². The van der Waals surface area contributed by atoms with Crippen LogP contribution in [0.15, 0.2) is 36.7 Å². The van der Waals surface area contributed by atoms with E-state index in [9.17, 15) is 9.59 Å². The van der Waals surface area contributed by atoms with Crippen molar-refractivity contribution in [1.82, 2.24) is 9.97 Å². The highest BCUT2D eigenvalue weighted by molar-refractivity contribution is 7.71. The first-order valence-electron chi connectivity index (χ1n) is 6.90. The van der Waals surface area contributed by atoms with E-state index in [2.05, 4.69) is 15.3 Å². The number of anilines is 2. The van der Waals surface area contributed by atoms with Crippen LogP contribution >= 0.6 is 12.2 Å². The summed E-state index contributed by atoms with van der Waals surface area (Å²) in [7, 11) is 0. The highest BCUT2D eigenvalue weighted by atomic mass is 32.1. The fourth-order valence-corrected chi connectivity index (χ4v) is 2.55. The predicted molar refractivity (Wildman–Crippen MR) is 85.4 cm³/mol. The van der Waals surface area contributed by atoms with Gasteiger partial charge >= 0.3 is 0 Å². The predicted octanol–water partition coefficient (Wildman–Crippen LogP) is 2.52. The molecular formula is C15H14N4O2S. The Morgan fingerprint density at radius 2 is 2.23 bits per heavy atom. The molecule has 0 bridgehead atoms. The normalized spacial score (nSPS) is 14.2. The van der Waals surface area contributed by atoms with Gasteiger partial charge in [-0.25, -0.2) is 4.98 Å². The van der Waals surface area contributed by atoms with Crippen molar-refractivity contribution < 1.29 is 9.59 Å². The van der Waals surface area contributed by atoms with E-state index < -0.39 is 0 Å². The van der Waals surface area contributed by atoms with Crippen LogP contribution in [0.2, 0.25) is 0 Å².